The van der Waals surface area contributed by atoms with Gasteiger partial charge in [-0.15, -0.1) is 0 Å². The zero-order valence-electron chi connectivity index (χ0n) is 15.0. The minimum Gasteiger partial charge on any atom is -0.478 e. The number of aromatic carboxylic acids is 1. The third-order valence-electron chi connectivity index (χ3n) is 4.50. The Bertz CT molecular complexity index is 856. The van der Waals surface area contributed by atoms with Gasteiger partial charge in [0.2, 0.25) is 0 Å². The van der Waals surface area contributed by atoms with Gasteiger partial charge in [0.1, 0.15) is 0 Å². The second-order valence-corrected chi connectivity index (χ2v) is 6.46. The Morgan fingerprint density at radius 3 is 2.07 bits per heavy atom. The average Bonchev–Trinajstić information content (AvgIpc) is 2.67. The lowest BCUT2D eigenvalue weighted by atomic mass is 10.1. The Kier molecular flexibility index (Phi) is 5.40. The maximum atomic E-state index is 12.5. The van der Waals surface area contributed by atoms with Crippen molar-refractivity contribution in [2.24, 2.45) is 0 Å². The molecular formula is C20H21N3O4. The van der Waals surface area contributed by atoms with Gasteiger partial charge in [-0.05, 0) is 48.9 Å². The van der Waals surface area contributed by atoms with Crippen LogP contribution in [0.1, 0.15) is 26.3 Å². The Labute approximate surface area is 157 Å². The number of carbonyl (C=O) groups is 3. The van der Waals surface area contributed by atoms with Gasteiger partial charge in [-0.1, -0.05) is 12.1 Å². The van der Waals surface area contributed by atoms with Gasteiger partial charge in [0.25, 0.3) is 5.91 Å². The van der Waals surface area contributed by atoms with Crippen molar-refractivity contribution in [1.29, 1.82) is 0 Å². The van der Waals surface area contributed by atoms with Crippen molar-refractivity contribution in [3.63, 3.8) is 0 Å². The third kappa shape index (κ3) is 4.44. The summed E-state index contributed by atoms with van der Waals surface area (Å²) in [5.41, 5.74) is 2.40. The van der Waals surface area contributed by atoms with Crippen LogP contribution < -0.4 is 5.32 Å². The van der Waals surface area contributed by atoms with Crippen LogP contribution in [0.25, 0.3) is 0 Å². The summed E-state index contributed by atoms with van der Waals surface area (Å²) in [5, 5.41) is 11.8. The number of aryl methyl sites for hydroxylation is 1. The van der Waals surface area contributed by atoms with E-state index in [1.807, 2.05) is 31.2 Å². The van der Waals surface area contributed by atoms with Gasteiger partial charge in [-0.2, -0.15) is 0 Å². The molecule has 0 saturated carbocycles. The van der Waals surface area contributed by atoms with E-state index < -0.39 is 5.97 Å². The highest BCUT2D eigenvalue weighted by atomic mass is 16.4. The summed E-state index contributed by atoms with van der Waals surface area (Å²) >= 11 is 0. The first-order chi connectivity index (χ1) is 12.9. The van der Waals surface area contributed by atoms with E-state index in [0.717, 1.165) is 11.3 Å². The molecule has 3 amide bonds. The summed E-state index contributed by atoms with van der Waals surface area (Å²) in [7, 11) is 0. The number of benzene rings is 2. The van der Waals surface area contributed by atoms with Gasteiger partial charge in [-0.25, -0.2) is 9.59 Å². The molecule has 1 saturated heterocycles. The number of carboxylic acids is 1. The fraction of sp³-hybridized carbons (Fsp3) is 0.250. The lowest BCUT2D eigenvalue weighted by molar-refractivity contribution is 0.0667. The monoisotopic (exact) mass is 367 g/mol. The number of amides is 3. The zero-order chi connectivity index (χ0) is 19.4. The number of hydrogen-bond acceptors (Lipinski definition) is 3. The molecule has 1 aliphatic heterocycles. The normalized spacial score (nSPS) is 14.0. The number of anilines is 1. The summed E-state index contributed by atoms with van der Waals surface area (Å²) in [4.78, 5) is 39.2. The fourth-order valence-corrected chi connectivity index (χ4v) is 2.98. The molecule has 0 aliphatic carbocycles. The molecule has 2 aromatic carbocycles. The van der Waals surface area contributed by atoms with Gasteiger partial charge >= 0.3 is 12.0 Å². The molecular weight excluding hydrogens is 346 g/mol. The van der Waals surface area contributed by atoms with Gasteiger partial charge < -0.3 is 20.2 Å². The summed E-state index contributed by atoms with van der Waals surface area (Å²) in [6.45, 7) is 3.71. The van der Waals surface area contributed by atoms with E-state index in [-0.39, 0.29) is 17.5 Å². The van der Waals surface area contributed by atoms with E-state index in [4.69, 9.17) is 5.11 Å². The first kappa shape index (κ1) is 18.4. The van der Waals surface area contributed by atoms with Crippen LogP contribution in [0, 0.1) is 6.92 Å². The number of piperazine rings is 1. The van der Waals surface area contributed by atoms with Crippen molar-refractivity contribution in [3.8, 4) is 0 Å². The van der Waals surface area contributed by atoms with Crippen molar-refractivity contribution in [2.45, 2.75) is 6.92 Å². The highest BCUT2D eigenvalue weighted by Crippen LogP contribution is 2.13. The standard InChI is InChI=1S/C20H21N3O4/c1-14-3-2-4-17(13-14)21-20(27)23-11-9-22(10-12-23)18(24)15-5-7-16(8-6-15)19(25)26/h2-8,13H,9-12H2,1H3,(H,21,27)(H,25,26). The molecule has 0 atom stereocenters. The Morgan fingerprint density at radius 2 is 1.48 bits per heavy atom. The molecule has 1 aliphatic rings. The van der Waals surface area contributed by atoms with Gasteiger partial charge in [0, 0.05) is 37.4 Å². The maximum absolute atomic E-state index is 12.5. The summed E-state index contributed by atoms with van der Waals surface area (Å²) in [5.74, 6) is -1.19. The molecule has 0 radical (unpaired) electrons. The zero-order valence-corrected chi connectivity index (χ0v) is 15.0. The molecule has 3 rings (SSSR count). The predicted molar refractivity (Wildman–Crippen MR) is 101 cm³/mol. The molecule has 1 heterocycles. The van der Waals surface area contributed by atoms with E-state index in [2.05, 4.69) is 5.32 Å². The predicted octanol–water partition coefficient (Wildman–Crippen LogP) is 2.68. The van der Waals surface area contributed by atoms with E-state index in [1.165, 1.54) is 24.3 Å². The Balaban J connectivity index is 1.55. The number of rotatable bonds is 3. The van der Waals surface area contributed by atoms with Crippen LogP contribution in [-0.4, -0.2) is 59.0 Å². The quantitative estimate of drug-likeness (QED) is 0.873. The molecule has 7 nitrogen and oxygen atoms in total. The molecule has 1 fully saturated rings. The Hall–Kier alpha value is -3.35. The number of carboxylic acid groups (broad SMARTS) is 1. The fourth-order valence-electron chi connectivity index (χ4n) is 2.98. The van der Waals surface area contributed by atoms with Crippen LogP contribution in [0.3, 0.4) is 0 Å². The number of hydrogen-bond donors (Lipinski definition) is 2. The lowest BCUT2D eigenvalue weighted by Gasteiger charge is -2.34. The smallest absolute Gasteiger partial charge is 0.335 e. The van der Waals surface area contributed by atoms with Crippen LogP contribution >= 0.6 is 0 Å². The minimum absolute atomic E-state index is 0.143. The number of nitrogens with zero attached hydrogens (tertiary/aromatic N) is 2. The molecule has 2 aromatic rings. The largest absolute Gasteiger partial charge is 0.478 e. The van der Waals surface area contributed by atoms with E-state index in [0.29, 0.717) is 31.7 Å². The van der Waals surface area contributed by atoms with Crippen molar-refractivity contribution < 1.29 is 19.5 Å². The SMILES string of the molecule is Cc1cccc(NC(=O)N2CCN(C(=O)c3ccc(C(=O)O)cc3)CC2)c1. The Morgan fingerprint density at radius 1 is 0.889 bits per heavy atom. The van der Waals surface area contributed by atoms with Gasteiger partial charge in [-0.3, -0.25) is 4.79 Å². The van der Waals surface area contributed by atoms with Crippen LogP contribution in [0.4, 0.5) is 10.5 Å². The van der Waals surface area contributed by atoms with Crippen molar-refractivity contribution in [2.75, 3.05) is 31.5 Å². The third-order valence-corrected chi connectivity index (χ3v) is 4.50. The number of carbonyl (C=O) groups excluding carboxylic acids is 2. The van der Waals surface area contributed by atoms with Crippen LogP contribution in [0.2, 0.25) is 0 Å². The first-order valence-corrected chi connectivity index (χ1v) is 8.69. The van der Waals surface area contributed by atoms with Crippen molar-refractivity contribution in [1.82, 2.24) is 9.80 Å². The van der Waals surface area contributed by atoms with E-state index in [1.54, 1.807) is 9.80 Å². The van der Waals surface area contributed by atoms with Crippen LogP contribution in [-0.2, 0) is 0 Å². The summed E-state index contributed by atoms with van der Waals surface area (Å²) in [6, 6.07) is 13.3. The molecule has 27 heavy (non-hydrogen) atoms. The first-order valence-electron chi connectivity index (χ1n) is 8.69. The molecule has 0 bridgehead atoms. The molecule has 0 aromatic heterocycles. The molecule has 2 N–H and O–H groups in total. The second kappa shape index (κ2) is 7.90. The topological polar surface area (TPSA) is 90.0 Å². The van der Waals surface area contributed by atoms with Crippen LogP contribution in [0.15, 0.2) is 48.5 Å². The molecule has 0 spiro atoms. The van der Waals surface area contributed by atoms with Crippen LogP contribution in [0.5, 0.6) is 0 Å². The lowest BCUT2D eigenvalue weighted by Crippen LogP contribution is -2.51. The molecule has 7 heteroatoms. The average molecular weight is 367 g/mol. The van der Waals surface area contributed by atoms with Crippen molar-refractivity contribution >= 4 is 23.6 Å². The minimum atomic E-state index is -1.03. The summed E-state index contributed by atoms with van der Waals surface area (Å²) < 4.78 is 0. The van der Waals surface area contributed by atoms with Crippen molar-refractivity contribution in [3.05, 3.63) is 65.2 Å². The van der Waals surface area contributed by atoms with E-state index in [9.17, 15) is 14.4 Å². The second-order valence-electron chi connectivity index (χ2n) is 6.46. The maximum Gasteiger partial charge on any atom is 0.335 e. The highest BCUT2D eigenvalue weighted by Gasteiger charge is 2.25. The molecule has 0 unspecified atom stereocenters. The van der Waals surface area contributed by atoms with Gasteiger partial charge in [0.15, 0.2) is 0 Å². The molecule has 140 valence electrons. The number of urea groups is 1. The number of nitrogens with one attached hydrogen (secondary N) is 1. The van der Waals surface area contributed by atoms with E-state index >= 15 is 0 Å². The highest BCUT2D eigenvalue weighted by molar-refractivity contribution is 5.96. The van der Waals surface area contributed by atoms with Gasteiger partial charge in [0.05, 0.1) is 5.56 Å². The summed E-state index contributed by atoms with van der Waals surface area (Å²) in [6.07, 6.45) is 0.